The van der Waals surface area contributed by atoms with Gasteiger partial charge in [0.1, 0.15) is 4.90 Å². The van der Waals surface area contributed by atoms with Crippen LogP contribution in [-0.4, -0.2) is 41.5 Å². The first-order chi connectivity index (χ1) is 16.6. The average Bonchev–Trinajstić information content (AvgIpc) is 3.10. The molecule has 1 amide bonds. The molecule has 7 nitrogen and oxygen atoms in total. The number of sulfonamides is 1. The third-order valence-electron chi connectivity index (χ3n) is 6.85. The molecule has 186 valence electrons. The number of piperidine rings is 1. The van der Waals surface area contributed by atoms with Crippen LogP contribution in [0.2, 0.25) is 0 Å². The summed E-state index contributed by atoms with van der Waals surface area (Å²) in [4.78, 5) is 13.0. The van der Waals surface area contributed by atoms with Crippen LogP contribution in [0.1, 0.15) is 58.2 Å². The third kappa shape index (κ3) is 5.33. The first kappa shape index (κ1) is 25.1. The maximum atomic E-state index is 13.3. The van der Waals surface area contributed by atoms with Gasteiger partial charge in [-0.05, 0) is 81.3 Å². The van der Waals surface area contributed by atoms with E-state index in [0.717, 1.165) is 35.2 Å². The van der Waals surface area contributed by atoms with E-state index >= 15 is 0 Å². The SMILES string of the molecule is Cc1ccc(C)c(NC(=O)c2ccc(Cn3nc(C)c(S(=O)(=O)N4CCC(C)CC4)c3C)cc2)c1. The lowest BCUT2D eigenvalue weighted by molar-refractivity contribution is 0.102. The molecule has 0 bridgehead atoms. The number of carbonyl (C=O) groups excluding carboxylic acids is 1. The summed E-state index contributed by atoms with van der Waals surface area (Å²) in [6.07, 6.45) is 1.77. The fraction of sp³-hybridized carbons (Fsp3) is 0.407. The number of rotatable bonds is 6. The summed E-state index contributed by atoms with van der Waals surface area (Å²) in [6.45, 7) is 11.2. The quantitative estimate of drug-likeness (QED) is 0.532. The molecule has 0 saturated carbocycles. The Morgan fingerprint density at radius 3 is 2.34 bits per heavy atom. The van der Waals surface area contributed by atoms with Crippen LogP contribution in [0.25, 0.3) is 0 Å². The van der Waals surface area contributed by atoms with E-state index in [1.807, 2.05) is 51.1 Å². The van der Waals surface area contributed by atoms with Gasteiger partial charge in [-0.2, -0.15) is 9.40 Å². The van der Waals surface area contributed by atoms with E-state index in [4.69, 9.17) is 0 Å². The molecule has 1 aliphatic rings. The molecule has 0 radical (unpaired) electrons. The Bertz CT molecular complexity index is 1340. The largest absolute Gasteiger partial charge is 0.322 e. The lowest BCUT2D eigenvalue weighted by atomic mass is 10.0. The Kier molecular flexibility index (Phi) is 7.15. The Labute approximate surface area is 208 Å². The minimum atomic E-state index is -3.58. The summed E-state index contributed by atoms with van der Waals surface area (Å²) in [5.74, 6) is 0.387. The zero-order valence-corrected chi connectivity index (χ0v) is 21.9. The van der Waals surface area contributed by atoms with Crippen LogP contribution < -0.4 is 5.32 Å². The van der Waals surface area contributed by atoms with Gasteiger partial charge in [0.2, 0.25) is 10.0 Å². The highest BCUT2D eigenvalue weighted by molar-refractivity contribution is 7.89. The van der Waals surface area contributed by atoms with E-state index in [0.29, 0.717) is 47.4 Å². The van der Waals surface area contributed by atoms with Gasteiger partial charge in [0.15, 0.2) is 0 Å². The molecule has 0 unspecified atom stereocenters. The van der Waals surface area contributed by atoms with Gasteiger partial charge in [0.25, 0.3) is 5.91 Å². The molecule has 2 aromatic carbocycles. The Hall–Kier alpha value is -2.97. The van der Waals surface area contributed by atoms with Gasteiger partial charge in [-0.3, -0.25) is 9.48 Å². The number of aryl methyl sites for hydroxylation is 3. The molecule has 35 heavy (non-hydrogen) atoms. The fourth-order valence-corrected chi connectivity index (χ4v) is 6.40. The molecule has 4 rings (SSSR count). The molecular weight excluding hydrogens is 460 g/mol. The van der Waals surface area contributed by atoms with Gasteiger partial charge in [-0.25, -0.2) is 8.42 Å². The van der Waals surface area contributed by atoms with Gasteiger partial charge in [0.05, 0.1) is 17.9 Å². The zero-order valence-electron chi connectivity index (χ0n) is 21.1. The standard InChI is InChI=1S/C27H34N4O3S/c1-18-12-14-30(15-13-18)35(33,34)26-21(4)29-31(22(26)5)17-23-8-10-24(11-9-23)27(32)28-25-16-19(2)6-7-20(25)3/h6-11,16,18H,12-15,17H2,1-5H3,(H,28,32). The van der Waals surface area contributed by atoms with Crippen molar-refractivity contribution in [1.29, 1.82) is 0 Å². The molecule has 1 aromatic heterocycles. The fourth-order valence-electron chi connectivity index (χ4n) is 4.56. The summed E-state index contributed by atoms with van der Waals surface area (Å²) in [5, 5.41) is 7.52. The summed E-state index contributed by atoms with van der Waals surface area (Å²) in [5.41, 5.74) is 5.56. The van der Waals surface area contributed by atoms with Crippen LogP contribution in [0.3, 0.4) is 0 Å². The number of hydrogen-bond acceptors (Lipinski definition) is 4. The van der Waals surface area contributed by atoms with Crippen molar-refractivity contribution in [1.82, 2.24) is 14.1 Å². The maximum Gasteiger partial charge on any atom is 0.255 e. The van der Waals surface area contributed by atoms with Crippen LogP contribution in [-0.2, 0) is 16.6 Å². The minimum Gasteiger partial charge on any atom is -0.322 e. The van der Waals surface area contributed by atoms with Gasteiger partial charge in [-0.1, -0.05) is 31.2 Å². The van der Waals surface area contributed by atoms with E-state index in [1.165, 1.54) is 0 Å². The van der Waals surface area contributed by atoms with Crippen molar-refractivity contribution in [2.75, 3.05) is 18.4 Å². The Balaban J connectivity index is 1.49. The molecule has 1 saturated heterocycles. The van der Waals surface area contributed by atoms with Crippen LogP contribution in [0.15, 0.2) is 47.4 Å². The van der Waals surface area contributed by atoms with Crippen LogP contribution in [0.5, 0.6) is 0 Å². The second-order valence-corrected chi connectivity index (χ2v) is 11.6. The number of hydrogen-bond donors (Lipinski definition) is 1. The summed E-state index contributed by atoms with van der Waals surface area (Å²) >= 11 is 0. The average molecular weight is 495 g/mol. The van der Waals surface area contributed by atoms with E-state index < -0.39 is 10.0 Å². The first-order valence-corrected chi connectivity index (χ1v) is 13.5. The summed E-state index contributed by atoms with van der Waals surface area (Å²) < 4.78 is 30.0. The molecule has 0 spiro atoms. The van der Waals surface area contributed by atoms with Gasteiger partial charge in [0, 0.05) is 24.3 Å². The number of anilines is 1. The van der Waals surface area contributed by atoms with E-state index in [1.54, 1.807) is 28.0 Å². The minimum absolute atomic E-state index is 0.166. The lowest BCUT2D eigenvalue weighted by Crippen LogP contribution is -2.38. The van der Waals surface area contributed by atoms with Crippen LogP contribution in [0, 0.1) is 33.6 Å². The van der Waals surface area contributed by atoms with E-state index in [-0.39, 0.29) is 5.91 Å². The van der Waals surface area contributed by atoms with Crippen molar-refractivity contribution in [3.8, 4) is 0 Å². The van der Waals surface area contributed by atoms with Gasteiger partial charge in [-0.15, -0.1) is 0 Å². The third-order valence-corrected chi connectivity index (χ3v) is 9.00. The number of benzene rings is 2. The van der Waals surface area contributed by atoms with Crippen molar-refractivity contribution in [3.63, 3.8) is 0 Å². The smallest absolute Gasteiger partial charge is 0.255 e. The predicted octanol–water partition coefficient (Wildman–Crippen LogP) is 4.84. The van der Waals surface area contributed by atoms with Gasteiger partial charge < -0.3 is 5.32 Å². The van der Waals surface area contributed by atoms with Crippen molar-refractivity contribution < 1.29 is 13.2 Å². The molecule has 8 heteroatoms. The van der Waals surface area contributed by atoms with Crippen molar-refractivity contribution >= 4 is 21.6 Å². The number of carbonyl (C=O) groups is 1. The maximum absolute atomic E-state index is 13.3. The molecule has 3 aromatic rings. The normalized spacial score (nSPS) is 15.3. The number of amides is 1. The Morgan fingerprint density at radius 2 is 1.69 bits per heavy atom. The monoisotopic (exact) mass is 494 g/mol. The summed E-state index contributed by atoms with van der Waals surface area (Å²) in [7, 11) is -3.58. The molecule has 0 aliphatic carbocycles. The number of nitrogens with one attached hydrogen (secondary N) is 1. The zero-order chi connectivity index (χ0) is 25.3. The van der Waals surface area contributed by atoms with Crippen LogP contribution in [0.4, 0.5) is 5.69 Å². The highest BCUT2D eigenvalue weighted by Crippen LogP contribution is 2.28. The molecule has 1 fully saturated rings. The second-order valence-electron chi connectivity index (χ2n) is 9.71. The lowest BCUT2D eigenvalue weighted by Gasteiger charge is -2.29. The second kappa shape index (κ2) is 9.95. The molecular formula is C27H34N4O3S. The molecule has 1 N–H and O–H groups in total. The van der Waals surface area contributed by atoms with Crippen molar-refractivity contribution in [3.05, 3.63) is 76.1 Å². The highest BCUT2D eigenvalue weighted by atomic mass is 32.2. The van der Waals surface area contributed by atoms with E-state index in [2.05, 4.69) is 17.3 Å². The van der Waals surface area contributed by atoms with E-state index in [9.17, 15) is 13.2 Å². The number of aromatic nitrogens is 2. The van der Waals surface area contributed by atoms with Gasteiger partial charge >= 0.3 is 0 Å². The first-order valence-electron chi connectivity index (χ1n) is 12.1. The summed E-state index contributed by atoms with van der Waals surface area (Å²) in [6, 6.07) is 13.3. The molecule has 2 heterocycles. The number of nitrogens with zero attached hydrogens (tertiary/aromatic N) is 3. The topological polar surface area (TPSA) is 84.3 Å². The predicted molar refractivity (Wildman–Crippen MR) is 138 cm³/mol. The Morgan fingerprint density at radius 1 is 1.03 bits per heavy atom. The van der Waals surface area contributed by atoms with Crippen LogP contribution >= 0.6 is 0 Å². The van der Waals surface area contributed by atoms with Crippen molar-refractivity contribution in [2.24, 2.45) is 5.92 Å². The molecule has 0 atom stereocenters. The van der Waals surface area contributed by atoms with Crippen molar-refractivity contribution in [2.45, 2.75) is 58.9 Å². The highest BCUT2D eigenvalue weighted by Gasteiger charge is 2.33. The molecule has 1 aliphatic heterocycles.